The Labute approximate surface area is 250 Å². The van der Waals surface area contributed by atoms with Crippen LogP contribution in [0.2, 0.25) is 0 Å². The van der Waals surface area contributed by atoms with Gasteiger partial charge in [-0.1, -0.05) is 54.6 Å². The van der Waals surface area contributed by atoms with Gasteiger partial charge >= 0.3 is 0 Å². The van der Waals surface area contributed by atoms with Gasteiger partial charge < -0.3 is 37.8 Å². The Morgan fingerprint density at radius 1 is 0.814 bits per heavy atom. The summed E-state index contributed by atoms with van der Waals surface area (Å²) in [6.45, 7) is 0.362. The molecule has 4 amide bonds. The minimum Gasteiger partial charge on any atom is -0.508 e. The van der Waals surface area contributed by atoms with Crippen LogP contribution in [-0.2, 0) is 38.4 Å². The summed E-state index contributed by atoms with van der Waals surface area (Å²) in [6, 6.07) is 18.7. The molecule has 0 unspecified atom stereocenters. The largest absolute Gasteiger partial charge is 0.508 e. The van der Waals surface area contributed by atoms with Crippen molar-refractivity contribution in [2.45, 2.75) is 56.3 Å². The van der Waals surface area contributed by atoms with Crippen LogP contribution in [0.15, 0.2) is 78.9 Å². The molecule has 9 N–H and O–H groups in total. The Hall–Kier alpha value is -4.90. The van der Waals surface area contributed by atoms with Crippen LogP contribution in [0.3, 0.4) is 0 Å². The number of phenols is 1. The first-order valence-electron chi connectivity index (χ1n) is 14.2. The van der Waals surface area contributed by atoms with Gasteiger partial charge in [-0.3, -0.25) is 19.2 Å². The third-order valence-corrected chi connectivity index (χ3v) is 7.54. The molecule has 3 aromatic carbocycles. The van der Waals surface area contributed by atoms with Crippen LogP contribution in [0.25, 0.3) is 0 Å². The molecule has 1 saturated heterocycles. The van der Waals surface area contributed by atoms with Gasteiger partial charge in [0, 0.05) is 25.1 Å². The third-order valence-electron chi connectivity index (χ3n) is 7.54. The number of likely N-dealkylation sites (tertiary alicyclic amines) is 1. The van der Waals surface area contributed by atoms with Gasteiger partial charge in [0.1, 0.15) is 23.9 Å². The van der Waals surface area contributed by atoms with Crippen LogP contribution in [0, 0.1) is 0 Å². The van der Waals surface area contributed by atoms with Gasteiger partial charge in [-0.25, -0.2) is 0 Å². The van der Waals surface area contributed by atoms with Crippen LogP contribution in [0.1, 0.15) is 29.5 Å². The van der Waals surface area contributed by atoms with Gasteiger partial charge in [-0.05, 0) is 60.2 Å². The van der Waals surface area contributed by atoms with Crippen LogP contribution in [-0.4, -0.2) is 64.3 Å². The number of nitrogens with two attached hydrogens (primary N) is 3. The zero-order chi connectivity index (χ0) is 30.9. The fraction of sp³-hybridized carbons (Fsp3) is 0.312. The Bertz CT molecular complexity index is 1410. The quantitative estimate of drug-likeness (QED) is 0.169. The number of primary amides is 1. The highest BCUT2D eigenvalue weighted by atomic mass is 16.3. The summed E-state index contributed by atoms with van der Waals surface area (Å²) in [5.74, 6) is -2.03. The van der Waals surface area contributed by atoms with Crippen molar-refractivity contribution >= 4 is 29.3 Å². The monoisotopic (exact) mass is 586 g/mol. The second kappa shape index (κ2) is 14.3. The molecule has 1 aliphatic rings. The molecule has 226 valence electrons. The van der Waals surface area contributed by atoms with E-state index >= 15 is 0 Å². The lowest BCUT2D eigenvalue weighted by molar-refractivity contribution is -0.140. The normalized spacial score (nSPS) is 16.6. The fourth-order valence-electron chi connectivity index (χ4n) is 5.20. The number of nitrogens with zero attached hydrogens (tertiary/aromatic N) is 1. The summed E-state index contributed by atoms with van der Waals surface area (Å²) in [4.78, 5) is 54.1. The van der Waals surface area contributed by atoms with E-state index in [1.54, 1.807) is 36.4 Å². The second-order valence-corrected chi connectivity index (χ2v) is 10.8. The summed E-state index contributed by atoms with van der Waals surface area (Å²) in [6.07, 6.45) is 1.58. The SMILES string of the molecule is NC(=O)[C@H](Cc1ccc(N)cc1)NC(=O)[C@H](Cc1ccccc1)NC(=O)[C@@H]1CCCN1C(=O)[C@@H](N)Cc1ccc(O)cc1. The molecule has 0 radical (unpaired) electrons. The number of amides is 4. The predicted octanol–water partition coefficient (Wildman–Crippen LogP) is 0.776. The van der Waals surface area contributed by atoms with Crippen LogP contribution >= 0.6 is 0 Å². The predicted molar refractivity (Wildman–Crippen MR) is 162 cm³/mol. The van der Waals surface area contributed by atoms with Gasteiger partial charge in [-0.15, -0.1) is 0 Å². The standard InChI is InChI=1S/C32H38N6O5/c33-23-12-8-22(9-13-23)18-26(29(35)40)36-30(41)27(19-20-5-2-1-3-6-20)37-31(42)28-7-4-16-38(28)32(43)25(34)17-21-10-14-24(39)15-11-21/h1-3,5-6,8-15,25-28,39H,4,7,16-19,33-34H2,(H2,35,40)(H,36,41)(H,37,42)/t25-,26-,27-,28-/m0/s1. The van der Waals surface area contributed by atoms with Gasteiger partial charge in [0.2, 0.25) is 23.6 Å². The maximum atomic E-state index is 13.6. The van der Waals surface area contributed by atoms with Crippen LogP contribution in [0.4, 0.5) is 5.69 Å². The summed E-state index contributed by atoms with van der Waals surface area (Å²) in [5.41, 5.74) is 20.5. The van der Waals surface area contributed by atoms with Crippen molar-refractivity contribution in [2.75, 3.05) is 12.3 Å². The topological polar surface area (TPSA) is 194 Å². The molecule has 4 atom stereocenters. The third kappa shape index (κ3) is 8.55. The van der Waals surface area contributed by atoms with Gasteiger partial charge in [0.15, 0.2) is 0 Å². The van der Waals surface area contributed by atoms with E-state index in [1.807, 2.05) is 30.3 Å². The summed E-state index contributed by atoms with van der Waals surface area (Å²) < 4.78 is 0. The number of benzene rings is 3. The van der Waals surface area contributed by atoms with E-state index in [0.717, 1.165) is 16.7 Å². The smallest absolute Gasteiger partial charge is 0.243 e. The van der Waals surface area contributed by atoms with E-state index in [1.165, 1.54) is 17.0 Å². The van der Waals surface area contributed by atoms with Crippen molar-refractivity contribution in [3.8, 4) is 5.75 Å². The molecule has 11 heteroatoms. The summed E-state index contributed by atoms with van der Waals surface area (Å²) >= 11 is 0. The number of carbonyl (C=O) groups is 4. The first-order valence-corrected chi connectivity index (χ1v) is 14.2. The Morgan fingerprint density at radius 2 is 1.40 bits per heavy atom. The molecular formula is C32H38N6O5. The van der Waals surface area contributed by atoms with Crippen molar-refractivity contribution < 1.29 is 24.3 Å². The van der Waals surface area contributed by atoms with E-state index in [4.69, 9.17) is 17.2 Å². The lowest BCUT2D eigenvalue weighted by atomic mass is 10.0. The second-order valence-electron chi connectivity index (χ2n) is 10.8. The molecule has 1 fully saturated rings. The van der Waals surface area contributed by atoms with E-state index in [0.29, 0.717) is 25.1 Å². The Kier molecular flexibility index (Phi) is 10.3. The Morgan fingerprint density at radius 3 is 2.05 bits per heavy atom. The van der Waals surface area contributed by atoms with E-state index in [9.17, 15) is 24.3 Å². The minimum absolute atomic E-state index is 0.112. The first kappa shape index (κ1) is 31.0. The average molecular weight is 587 g/mol. The average Bonchev–Trinajstić information content (AvgIpc) is 3.49. The maximum Gasteiger partial charge on any atom is 0.243 e. The zero-order valence-electron chi connectivity index (χ0n) is 23.8. The molecular weight excluding hydrogens is 548 g/mol. The number of anilines is 1. The summed E-state index contributed by atoms with van der Waals surface area (Å²) in [5, 5.41) is 15.0. The highest BCUT2D eigenvalue weighted by Gasteiger charge is 2.38. The lowest BCUT2D eigenvalue weighted by Gasteiger charge is -2.29. The number of aromatic hydroxyl groups is 1. The number of carbonyl (C=O) groups excluding carboxylic acids is 4. The van der Waals surface area contributed by atoms with Crippen molar-refractivity contribution in [1.29, 1.82) is 0 Å². The van der Waals surface area contributed by atoms with Crippen LogP contribution in [0.5, 0.6) is 5.75 Å². The molecule has 1 heterocycles. The van der Waals surface area contributed by atoms with E-state index in [-0.39, 0.29) is 30.9 Å². The minimum atomic E-state index is -1.04. The number of hydrogen-bond donors (Lipinski definition) is 6. The lowest BCUT2D eigenvalue weighted by Crippen LogP contribution is -2.58. The molecule has 0 aromatic heterocycles. The number of rotatable bonds is 12. The van der Waals surface area contributed by atoms with Gasteiger partial charge in [0.25, 0.3) is 0 Å². The molecule has 0 aliphatic carbocycles. The molecule has 3 aromatic rings. The molecule has 4 rings (SSSR count). The van der Waals surface area contributed by atoms with Gasteiger partial charge in [0.05, 0.1) is 6.04 Å². The van der Waals surface area contributed by atoms with Gasteiger partial charge in [-0.2, -0.15) is 0 Å². The molecule has 43 heavy (non-hydrogen) atoms. The molecule has 0 saturated carbocycles. The fourth-order valence-corrected chi connectivity index (χ4v) is 5.20. The molecule has 0 bridgehead atoms. The van der Waals surface area contributed by atoms with Crippen molar-refractivity contribution in [3.63, 3.8) is 0 Å². The summed E-state index contributed by atoms with van der Waals surface area (Å²) in [7, 11) is 0. The van der Waals surface area contributed by atoms with E-state index < -0.39 is 41.9 Å². The number of nitrogen functional groups attached to an aromatic ring is 1. The molecule has 1 aliphatic heterocycles. The Balaban J connectivity index is 1.46. The molecule has 0 spiro atoms. The van der Waals surface area contributed by atoms with Crippen molar-refractivity contribution in [1.82, 2.24) is 15.5 Å². The van der Waals surface area contributed by atoms with Crippen LogP contribution < -0.4 is 27.8 Å². The van der Waals surface area contributed by atoms with Crippen molar-refractivity contribution in [2.24, 2.45) is 11.5 Å². The molecule has 11 nitrogen and oxygen atoms in total. The number of phenolic OH excluding ortho intramolecular Hbond substituents is 1. The zero-order valence-corrected chi connectivity index (χ0v) is 23.8. The van der Waals surface area contributed by atoms with E-state index in [2.05, 4.69) is 10.6 Å². The number of nitrogens with one attached hydrogen (secondary N) is 2. The highest BCUT2D eigenvalue weighted by molar-refractivity contribution is 5.95. The highest BCUT2D eigenvalue weighted by Crippen LogP contribution is 2.20. The number of hydrogen-bond acceptors (Lipinski definition) is 7. The maximum absolute atomic E-state index is 13.6. The van der Waals surface area contributed by atoms with Crippen molar-refractivity contribution in [3.05, 3.63) is 95.6 Å². The first-order chi connectivity index (χ1) is 20.6.